The van der Waals surface area contributed by atoms with Crippen LogP contribution < -0.4 is 0 Å². The summed E-state index contributed by atoms with van der Waals surface area (Å²) in [7, 11) is 0. The lowest BCUT2D eigenvalue weighted by atomic mass is 10.2. The Morgan fingerprint density at radius 1 is 1.38 bits per heavy atom. The van der Waals surface area contributed by atoms with Gasteiger partial charge in [-0.3, -0.25) is 4.79 Å². The maximum absolute atomic E-state index is 10.4. The van der Waals surface area contributed by atoms with E-state index in [1.54, 1.807) is 0 Å². The summed E-state index contributed by atoms with van der Waals surface area (Å²) < 4.78 is 4.74. The van der Waals surface area contributed by atoms with Crippen LogP contribution in [-0.4, -0.2) is 12.6 Å². The molecular formula is C11H12O2. The van der Waals surface area contributed by atoms with Crippen LogP contribution in [-0.2, 0) is 9.53 Å². The van der Waals surface area contributed by atoms with E-state index in [9.17, 15) is 4.79 Å². The van der Waals surface area contributed by atoms with Crippen LogP contribution in [0, 0.1) is 0 Å². The van der Waals surface area contributed by atoms with E-state index in [2.05, 4.69) is 0 Å². The number of ether oxygens (including phenoxy) is 1. The summed E-state index contributed by atoms with van der Waals surface area (Å²) in [6, 6.07) is 9.87. The fraction of sp³-hybridized carbons (Fsp3) is 0.182. The van der Waals surface area contributed by atoms with Gasteiger partial charge in [-0.1, -0.05) is 36.4 Å². The molecule has 1 aromatic carbocycles. The Labute approximate surface area is 77.8 Å². The van der Waals surface area contributed by atoms with Crippen molar-refractivity contribution in [1.29, 1.82) is 0 Å². The molecule has 1 aromatic rings. The molecule has 0 heterocycles. The third kappa shape index (κ3) is 4.11. The molecule has 0 atom stereocenters. The Kier molecular flexibility index (Phi) is 3.76. The predicted octanol–water partition coefficient (Wildman–Crippen LogP) is 2.26. The van der Waals surface area contributed by atoms with Crippen LogP contribution in [0.5, 0.6) is 0 Å². The van der Waals surface area contributed by atoms with E-state index in [0.29, 0.717) is 6.61 Å². The summed E-state index contributed by atoms with van der Waals surface area (Å²) in [5.41, 5.74) is 1.11. The standard InChI is InChI=1S/C11H12O2/c1-10(12)13-9-5-8-11-6-3-2-4-7-11/h2-8H,9H2,1H3/b8-5+/i1+1,10+1. The topological polar surface area (TPSA) is 26.3 Å². The molecule has 0 bridgehead atoms. The average molecular weight is 178 g/mol. The van der Waals surface area contributed by atoms with Crippen LogP contribution in [0.3, 0.4) is 0 Å². The molecule has 0 aliphatic heterocycles. The molecule has 68 valence electrons. The van der Waals surface area contributed by atoms with E-state index >= 15 is 0 Å². The molecule has 1 rings (SSSR count). The lowest BCUT2D eigenvalue weighted by Gasteiger charge is -1.94. The molecule has 0 radical (unpaired) electrons. The minimum atomic E-state index is -0.252. The first kappa shape index (κ1) is 9.52. The van der Waals surface area contributed by atoms with Gasteiger partial charge in [0.2, 0.25) is 0 Å². The summed E-state index contributed by atoms with van der Waals surface area (Å²) in [5, 5.41) is 0. The van der Waals surface area contributed by atoms with Crippen LogP contribution in [0.25, 0.3) is 6.08 Å². The SMILES string of the molecule is [13CH3][13C](=O)OC/C=C/c1ccccc1. The highest BCUT2D eigenvalue weighted by atomic mass is 16.6. The molecule has 0 saturated carbocycles. The monoisotopic (exact) mass is 178 g/mol. The molecule has 0 unspecified atom stereocenters. The fourth-order valence-corrected chi connectivity index (χ4v) is 0.914. The number of hydrogen-bond donors (Lipinski definition) is 0. The molecule has 2 nitrogen and oxygen atoms in total. The van der Waals surface area contributed by atoms with Gasteiger partial charge in [-0.25, -0.2) is 0 Å². The van der Waals surface area contributed by atoms with Crippen molar-refractivity contribution in [3.05, 3.63) is 42.0 Å². The van der Waals surface area contributed by atoms with Gasteiger partial charge >= 0.3 is 5.97 Å². The number of hydrogen-bond acceptors (Lipinski definition) is 2. The van der Waals surface area contributed by atoms with Gasteiger partial charge in [-0.05, 0) is 11.6 Å². The van der Waals surface area contributed by atoms with Gasteiger partial charge < -0.3 is 4.74 Å². The lowest BCUT2D eigenvalue weighted by Crippen LogP contribution is -1.97. The second-order valence-electron chi connectivity index (χ2n) is 2.62. The first-order valence-corrected chi connectivity index (χ1v) is 4.14. The minimum absolute atomic E-state index is 0.252. The van der Waals surface area contributed by atoms with Gasteiger partial charge in [0.05, 0.1) is 0 Å². The predicted molar refractivity (Wildman–Crippen MR) is 52.1 cm³/mol. The number of benzene rings is 1. The smallest absolute Gasteiger partial charge is 0.302 e. The van der Waals surface area contributed by atoms with Crippen LogP contribution in [0.1, 0.15) is 12.5 Å². The largest absolute Gasteiger partial charge is 0.462 e. The summed E-state index contributed by atoms with van der Waals surface area (Å²) >= 11 is 0. The zero-order chi connectivity index (χ0) is 9.52. The molecule has 0 aliphatic rings. The minimum Gasteiger partial charge on any atom is -0.462 e. The van der Waals surface area contributed by atoms with Crippen LogP contribution in [0.4, 0.5) is 0 Å². The Balaban J connectivity index is 2.37. The Bertz CT molecular complexity index is 288. The molecule has 0 spiro atoms. The van der Waals surface area contributed by atoms with E-state index < -0.39 is 0 Å². The summed E-state index contributed by atoms with van der Waals surface area (Å²) in [4.78, 5) is 10.4. The van der Waals surface area contributed by atoms with Crippen molar-refractivity contribution in [1.82, 2.24) is 0 Å². The van der Waals surface area contributed by atoms with Gasteiger partial charge in [-0.2, -0.15) is 0 Å². The normalized spacial score (nSPS) is 10.2. The molecule has 2 heteroatoms. The van der Waals surface area contributed by atoms with Crippen molar-refractivity contribution in [2.24, 2.45) is 0 Å². The fourth-order valence-electron chi connectivity index (χ4n) is 0.914. The van der Waals surface area contributed by atoms with Crippen molar-refractivity contribution in [3.63, 3.8) is 0 Å². The maximum Gasteiger partial charge on any atom is 0.302 e. The Morgan fingerprint density at radius 3 is 2.69 bits per heavy atom. The van der Waals surface area contributed by atoms with Crippen LogP contribution in [0.15, 0.2) is 36.4 Å². The summed E-state index contributed by atoms with van der Waals surface area (Å²) in [6.07, 6.45) is 3.74. The second kappa shape index (κ2) is 5.14. The molecule has 0 aliphatic carbocycles. The van der Waals surface area contributed by atoms with Gasteiger partial charge in [0.25, 0.3) is 0 Å². The van der Waals surface area contributed by atoms with Crippen LogP contribution in [0.2, 0.25) is 0 Å². The van der Waals surface area contributed by atoms with Gasteiger partial charge in [0.1, 0.15) is 6.61 Å². The van der Waals surface area contributed by atoms with Gasteiger partial charge in [-0.15, -0.1) is 0 Å². The first-order chi connectivity index (χ1) is 6.29. The van der Waals surface area contributed by atoms with Crippen molar-refractivity contribution in [3.8, 4) is 0 Å². The molecule has 0 amide bonds. The third-order valence-corrected chi connectivity index (χ3v) is 1.49. The van der Waals surface area contributed by atoms with E-state index in [-0.39, 0.29) is 5.97 Å². The molecule has 0 N–H and O–H groups in total. The second-order valence-corrected chi connectivity index (χ2v) is 2.62. The average Bonchev–Trinajstić information content (AvgIpc) is 2.14. The van der Waals surface area contributed by atoms with Crippen LogP contribution >= 0.6 is 0 Å². The first-order valence-electron chi connectivity index (χ1n) is 4.14. The highest BCUT2D eigenvalue weighted by molar-refractivity contribution is 5.66. The molecule has 0 saturated heterocycles. The highest BCUT2D eigenvalue weighted by Crippen LogP contribution is 2.00. The molecule has 13 heavy (non-hydrogen) atoms. The Morgan fingerprint density at radius 2 is 2.08 bits per heavy atom. The van der Waals surface area contributed by atoms with Crippen molar-refractivity contribution in [2.75, 3.05) is 6.61 Å². The number of carbonyl (C=O) groups excluding carboxylic acids is 1. The van der Waals surface area contributed by atoms with Gasteiger partial charge in [0, 0.05) is 6.92 Å². The van der Waals surface area contributed by atoms with E-state index in [1.165, 1.54) is 6.92 Å². The van der Waals surface area contributed by atoms with Crippen molar-refractivity contribution in [2.45, 2.75) is 6.92 Å². The van der Waals surface area contributed by atoms with E-state index in [1.807, 2.05) is 42.5 Å². The zero-order valence-electron chi connectivity index (χ0n) is 7.57. The quantitative estimate of drug-likeness (QED) is 0.524. The molecule has 0 fully saturated rings. The van der Waals surface area contributed by atoms with Crippen molar-refractivity contribution < 1.29 is 9.53 Å². The zero-order valence-corrected chi connectivity index (χ0v) is 7.57. The summed E-state index contributed by atoms with van der Waals surface area (Å²) in [6.45, 7) is 1.74. The third-order valence-electron chi connectivity index (χ3n) is 1.49. The highest BCUT2D eigenvalue weighted by Gasteiger charge is 1.87. The Hall–Kier alpha value is -1.57. The lowest BCUT2D eigenvalue weighted by molar-refractivity contribution is -0.139. The summed E-state index contributed by atoms with van der Waals surface area (Å²) in [5.74, 6) is -0.252. The van der Waals surface area contributed by atoms with Gasteiger partial charge in [0.15, 0.2) is 0 Å². The number of esters is 1. The van der Waals surface area contributed by atoms with E-state index in [4.69, 9.17) is 4.74 Å². The molecular weight excluding hydrogens is 166 g/mol. The number of carbonyl (C=O) groups is 1. The van der Waals surface area contributed by atoms with E-state index in [0.717, 1.165) is 5.56 Å². The maximum atomic E-state index is 10.4. The van der Waals surface area contributed by atoms with Crippen molar-refractivity contribution >= 4 is 12.0 Å². The molecule has 0 aromatic heterocycles. The number of rotatable bonds is 3.